The van der Waals surface area contributed by atoms with Crippen molar-refractivity contribution in [1.82, 2.24) is 0 Å². The summed E-state index contributed by atoms with van der Waals surface area (Å²) in [6.07, 6.45) is 0. The van der Waals surface area contributed by atoms with E-state index < -0.39 is 0 Å². The number of benzene rings is 5. The fourth-order valence-corrected chi connectivity index (χ4v) is 5.20. The maximum atomic E-state index is 6.56. The van der Waals surface area contributed by atoms with E-state index in [9.17, 15) is 0 Å². The minimum atomic E-state index is 0.791. The third-order valence-corrected chi connectivity index (χ3v) is 7.35. The summed E-state index contributed by atoms with van der Waals surface area (Å²) in [6, 6.07) is 58.2. The highest BCUT2D eigenvalue weighted by molar-refractivity contribution is 5.78. The van der Waals surface area contributed by atoms with Gasteiger partial charge in [-0.25, -0.2) is 8.83 Å². The lowest BCUT2D eigenvalue weighted by Gasteiger charge is -2.04. The molecule has 42 heavy (non-hydrogen) atoms. The number of hydrogen-bond donors (Lipinski definition) is 0. The molecule has 0 N–H and O–H groups in total. The topological polar surface area (TPSA) is 22.6 Å². The quantitative estimate of drug-likeness (QED) is 0.196. The molecule has 0 aliphatic heterocycles. The van der Waals surface area contributed by atoms with Crippen molar-refractivity contribution in [2.75, 3.05) is 0 Å². The van der Waals surface area contributed by atoms with Crippen LogP contribution in [0.1, 0.15) is 0 Å². The van der Waals surface area contributed by atoms with E-state index in [0.29, 0.717) is 0 Å². The molecule has 0 unspecified atom stereocenters. The molecule has 0 fully saturated rings. The van der Waals surface area contributed by atoms with E-state index in [4.69, 9.17) is 8.83 Å². The van der Waals surface area contributed by atoms with Gasteiger partial charge in [-0.15, -0.1) is 0 Å². The van der Waals surface area contributed by atoms with E-state index >= 15 is 0 Å². The van der Waals surface area contributed by atoms with Gasteiger partial charge in [-0.3, -0.25) is 0 Å². The van der Waals surface area contributed by atoms with Crippen LogP contribution < -0.4 is 0 Å². The van der Waals surface area contributed by atoms with E-state index in [2.05, 4.69) is 121 Å². The van der Waals surface area contributed by atoms with Gasteiger partial charge in [-0.05, 0) is 53.6 Å². The molecule has 0 bridgehead atoms. The van der Waals surface area contributed by atoms with Crippen molar-refractivity contribution in [2.24, 2.45) is 0 Å². The van der Waals surface area contributed by atoms with Crippen LogP contribution in [0.2, 0.25) is 0 Å². The molecular weight excluding hydrogens is 512 g/mol. The Morgan fingerprint density at radius 1 is 0.214 bits per heavy atom. The van der Waals surface area contributed by atoms with Gasteiger partial charge in [0.1, 0.15) is 0 Å². The molecule has 2 nitrogen and oxygen atoms in total. The van der Waals surface area contributed by atoms with Gasteiger partial charge in [0.05, 0.1) is 46.5 Å². The molecule has 0 radical (unpaired) electrons. The van der Waals surface area contributed by atoms with E-state index in [0.717, 1.165) is 67.5 Å². The highest BCUT2D eigenvalue weighted by Gasteiger charge is 2.24. The van der Waals surface area contributed by atoms with Gasteiger partial charge in [0.15, 0.2) is 0 Å². The average molecular weight is 541 g/mol. The Morgan fingerprint density at radius 3 is 0.857 bits per heavy atom. The molecule has 0 atom stereocenters. The zero-order valence-electron chi connectivity index (χ0n) is 23.0. The maximum absolute atomic E-state index is 6.56. The van der Waals surface area contributed by atoms with Crippen molar-refractivity contribution in [3.8, 4) is 67.5 Å². The van der Waals surface area contributed by atoms with Gasteiger partial charge < -0.3 is 0 Å². The number of hydrogen-bond acceptors (Lipinski definition) is 0. The molecule has 0 amide bonds. The Hall–Kier alpha value is -5.60. The summed E-state index contributed by atoms with van der Waals surface area (Å²) in [5.41, 5.74) is 8.50. The van der Waals surface area contributed by atoms with E-state index in [1.807, 2.05) is 48.5 Å². The highest BCUT2D eigenvalue weighted by atomic mass is 16.3. The Bertz CT molecular complexity index is 1690. The summed E-state index contributed by atoms with van der Waals surface area (Å²) in [5.74, 6) is 3.22. The first kappa shape index (κ1) is 25.4. The normalized spacial score (nSPS) is 10.9. The zero-order valence-corrected chi connectivity index (χ0v) is 23.0. The standard InChI is InChI=1S/C40H28O2/c1-5-14-29(15-6-1)35-25-37(31-18-9-3-10-19-31)41-39(27-35)33-22-13-23-34(24-33)40-28-36(30-16-7-2-8-17-30)26-38(42-40)32-20-11-4-12-21-32/h1-28H/q+2. The first-order valence-corrected chi connectivity index (χ1v) is 14.1. The van der Waals surface area contributed by atoms with Crippen LogP contribution >= 0.6 is 0 Å². The molecule has 0 aliphatic carbocycles. The third-order valence-electron chi connectivity index (χ3n) is 7.35. The van der Waals surface area contributed by atoms with Gasteiger partial charge in [-0.2, -0.15) is 0 Å². The lowest BCUT2D eigenvalue weighted by Crippen LogP contribution is -1.88. The van der Waals surface area contributed by atoms with Crippen LogP contribution in [0.5, 0.6) is 0 Å². The summed E-state index contributed by atoms with van der Waals surface area (Å²) in [5, 5.41) is 0. The molecule has 2 aromatic heterocycles. The van der Waals surface area contributed by atoms with Gasteiger partial charge in [0, 0.05) is 11.1 Å². The van der Waals surface area contributed by atoms with Crippen LogP contribution in [0.15, 0.2) is 179 Å². The number of rotatable bonds is 6. The van der Waals surface area contributed by atoms with Gasteiger partial charge in [0.2, 0.25) is 0 Å². The molecule has 2 heteroatoms. The molecule has 198 valence electrons. The van der Waals surface area contributed by atoms with Crippen molar-refractivity contribution in [3.05, 3.63) is 170 Å². The Balaban J connectivity index is 1.37. The van der Waals surface area contributed by atoms with Gasteiger partial charge in [-0.1, -0.05) is 103 Å². The van der Waals surface area contributed by atoms with Crippen LogP contribution in [-0.4, -0.2) is 0 Å². The van der Waals surface area contributed by atoms with Gasteiger partial charge in [0.25, 0.3) is 0 Å². The third kappa shape index (κ3) is 5.39. The molecule has 0 spiro atoms. The molecule has 7 rings (SSSR count). The van der Waals surface area contributed by atoms with Crippen molar-refractivity contribution in [2.45, 2.75) is 0 Å². The predicted octanol–water partition coefficient (Wildman–Crippen LogP) is 11.4. The summed E-state index contributed by atoms with van der Waals surface area (Å²) in [4.78, 5) is 0. The SMILES string of the molecule is c1ccc(-c2cc(-c3ccccc3)[o+]c(-c3cccc(-c4cc(-c5ccccc5)cc(-c5ccccc5)[o+]4)c3)c2)cc1. The lowest BCUT2D eigenvalue weighted by atomic mass is 9.99. The second-order valence-electron chi connectivity index (χ2n) is 10.2. The average Bonchev–Trinajstić information content (AvgIpc) is 3.09. The molecule has 2 heterocycles. The Kier molecular flexibility index (Phi) is 6.94. The fraction of sp³-hybridized carbons (Fsp3) is 0. The van der Waals surface area contributed by atoms with E-state index in [1.165, 1.54) is 0 Å². The van der Waals surface area contributed by atoms with Crippen LogP contribution in [0.25, 0.3) is 67.5 Å². The van der Waals surface area contributed by atoms with E-state index in [-0.39, 0.29) is 0 Å². The minimum Gasteiger partial charge on any atom is -0.207 e. The summed E-state index contributed by atoms with van der Waals surface area (Å²) in [6.45, 7) is 0. The Labute approximate surface area is 245 Å². The van der Waals surface area contributed by atoms with Crippen molar-refractivity contribution >= 4 is 0 Å². The monoisotopic (exact) mass is 540 g/mol. The molecule has 7 aromatic rings. The summed E-state index contributed by atoms with van der Waals surface area (Å²) >= 11 is 0. The summed E-state index contributed by atoms with van der Waals surface area (Å²) in [7, 11) is 0. The zero-order chi connectivity index (χ0) is 28.1. The Morgan fingerprint density at radius 2 is 0.500 bits per heavy atom. The minimum absolute atomic E-state index is 0.791. The first-order chi connectivity index (χ1) is 20.8. The second-order valence-corrected chi connectivity index (χ2v) is 10.2. The molecule has 0 saturated carbocycles. The van der Waals surface area contributed by atoms with Gasteiger partial charge >= 0.3 is 23.0 Å². The molecule has 0 saturated heterocycles. The van der Waals surface area contributed by atoms with Crippen LogP contribution in [-0.2, 0) is 0 Å². The highest BCUT2D eigenvalue weighted by Crippen LogP contribution is 2.37. The van der Waals surface area contributed by atoms with Crippen LogP contribution in [0.4, 0.5) is 0 Å². The molecule has 0 aliphatic rings. The lowest BCUT2D eigenvalue weighted by molar-refractivity contribution is 0.580. The predicted molar refractivity (Wildman–Crippen MR) is 172 cm³/mol. The second kappa shape index (κ2) is 11.5. The maximum Gasteiger partial charge on any atom is 0.361 e. The fourth-order valence-electron chi connectivity index (χ4n) is 5.20. The van der Waals surface area contributed by atoms with Crippen LogP contribution in [0, 0.1) is 0 Å². The first-order valence-electron chi connectivity index (χ1n) is 14.1. The smallest absolute Gasteiger partial charge is 0.207 e. The van der Waals surface area contributed by atoms with E-state index in [1.54, 1.807) is 0 Å². The van der Waals surface area contributed by atoms with Crippen molar-refractivity contribution in [1.29, 1.82) is 0 Å². The largest absolute Gasteiger partial charge is 0.361 e. The molecule has 5 aromatic carbocycles. The van der Waals surface area contributed by atoms with Crippen molar-refractivity contribution < 1.29 is 8.83 Å². The van der Waals surface area contributed by atoms with Crippen molar-refractivity contribution in [3.63, 3.8) is 0 Å². The van der Waals surface area contributed by atoms with Crippen LogP contribution in [0.3, 0.4) is 0 Å². The summed E-state index contributed by atoms with van der Waals surface area (Å²) < 4.78 is 13.1. The molecular formula is C40H28O2+2.